The van der Waals surface area contributed by atoms with Crippen LogP contribution in [-0.4, -0.2) is 46.8 Å². The number of thioether (sulfide) groups is 1. The van der Waals surface area contributed by atoms with Crippen molar-refractivity contribution >= 4 is 23.6 Å². The van der Waals surface area contributed by atoms with Crippen LogP contribution in [0.15, 0.2) is 0 Å². The van der Waals surface area contributed by atoms with Crippen LogP contribution in [0.3, 0.4) is 0 Å². The minimum Gasteiger partial charge on any atom is -0.343 e. The van der Waals surface area contributed by atoms with Crippen molar-refractivity contribution in [2.45, 2.75) is 32.9 Å². The van der Waals surface area contributed by atoms with E-state index in [2.05, 4.69) is 11.2 Å². The smallest absolute Gasteiger partial charge is 0.245 e. The zero-order valence-corrected chi connectivity index (χ0v) is 11.9. The molecule has 1 aliphatic rings. The molecular weight excluding hydrogens is 248 g/mol. The molecule has 1 heterocycles. The Morgan fingerprint density at radius 3 is 2.72 bits per heavy atom. The van der Waals surface area contributed by atoms with Crippen LogP contribution in [0.1, 0.15) is 20.8 Å². The molecule has 1 rings (SSSR count). The van der Waals surface area contributed by atoms with E-state index in [9.17, 15) is 9.59 Å². The van der Waals surface area contributed by atoms with Crippen molar-refractivity contribution in [2.24, 2.45) is 5.92 Å². The van der Waals surface area contributed by atoms with E-state index in [1.807, 2.05) is 13.8 Å². The fourth-order valence-corrected chi connectivity index (χ4v) is 2.68. The Morgan fingerprint density at radius 1 is 1.50 bits per heavy atom. The molecule has 1 fully saturated rings. The van der Waals surface area contributed by atoms with E-state index < -0.39 is 6.04 Å². The number of terminal acetylenes is 1. The lowest BCUT2D eigenvalue weighted by Gasteiger charge is -2.39. The summed E-state index contributed by atoms with van der Waals surface area (Å²) in [4.78, 5) is 25.8. The summed E-state index contributed by atoms with van der Waals surface area (Å²) in [6, 6.07) is -0.787. The molecule has 5 heteroatoms. The molecule has 0 spiro atoms. The molecule has 0 radical (unpaired) electrons. The van der Waals surface area contributed by atoms with E-state index in [-0.39, 0.29) is 23.8 Å². The van der Waals surface area contributed by atoms with Crippen LogP contribution in [0.25, 0.3) is 0 Å². The molecule has 2 unspecified atom stereocenters. The molecule has 2 amide bonds. The van der Waals surface area contributed by atoms with Crippen LogP contribution in [0.5, 0.6) is 0 Å². The number of rotatable bonds is 5. The predicted molar refractivity (Wildman–Crippen MR) is 74.1 cm³/mol. The summed E-state index contributed by atoms with van der Waals surface area (Å²) >= 11 is 1.60. The SMILES string of the molecule is C#CCSCCN1C(=O)C(C)NC(=O)C1C(C)C. The Morgan fingerprint density at radius 2 is 2.17 bits per heavy atom. The van der Waals surface area contributed by atoms with Gasteiger partial charge < -0.3 is 10.2 Å². The van der Waals surface area contributed by atoms with Crippen molar-refractivity contribution < 1.29 is 9.59 Å². The van der Waals surface area contributed by atoms with Crippen LogP contribution in [-0.2, 0) is 9.59 Å². The van der Waals surface area contributed by atoms with Gasteiger partial charge in [0.1, 0.15) is 12.1 Å². The van der Waals surface area contributed by atoms with Gasteiger partial charge in [-0.05, 0) is 12.8 Å². The van der Waals surface area contributed by atoms with Gasteiger partial charge in [0.2, 0.25) is 11.8 Å². The minimum absolute atomic E-state index is 0.00499. The van der Waals surface area contributed by atoms with Crippen LogP contribution in [0.4, 0.5) is 0 Å². The largest absolute Gasteiger partial charge is 0.343 e. The monoisotopic (exact) mass is 268 g/mol. The second-order valence-corrected chi connectivity index (χ2v) is 5.81. The number of carbonyl (C=O) groups excluding carboxylic acids is 2. The summed E-state index contributed by atoms with van der Waals surface area (Å²) < 4.78 is 0. The van der Waals surface area contributed by atoms with Gasteiger partial charge in [-0.1, -0.05) is 19.8 Å². The summed E-state index contributed by atoms with van der Waals surface area (Å²) in [5.74, 6) is 4.00. The number of nitrogens with zero attached hydrogens (tertiary/aromatic N) is 1. The molecule has 0 bridgehead atoms. The Balaban J connectivity index is 2.70. The van der Waals surface area contributed by atoms with Gasteiger partial charge in [0.05, 0.1) is 5.75 Å². The average Bonchev–Trinajstić information content (AvgIpc) is 2.29. The summed E-state index contributed by atoms with van der Waals surface area (Å²) in [6.45, 7) is 6.20. The fraction of sp³-hybridized carbons (Fsp3) is 0.692. The second kappa shape index (κ2) is 6.69. The third kappa shape index (κ3) is 3.42. The van der Waals surface area contributed by atoms with Crippen LogP contribution < -0.4 is 5.32 Å². The standard InChI is InChI=1S/C13H20N2O2S/c1-5-7-18-8-6-15-11(9(2)3)12(16)14-10(4)13(15)17/h1,9-11H,6-8H2,2-4H3,(H,14,16). The molecule has 0 aromatic heterocycles. The maximum Gasteiger partial charge on any atom is 0.245 e. The molecule has 0 saturated carbocycles. The lowest BCUT2D eigenvalue weighted by Crippen LogP contribution is -2.64. The highest BCUT2D eigenvalue weighted by Crippen LogP contribution is 2.18. The average molecular weight is 268 g/mol. The summed E-state index contributed by atoms with van der Waals surface area (Å²) in [5, 5.41) is 2.72. The number of carbonyl (C=O) groups is 2. The highest BCUT2D eigenvalue weighted by Gasteiger charge is 2.39. The Labute approximate surface area is 113 Å². The van der Waals surface area contributed by atoms with E-state index >= 15 is 0 Å². The van der Waals surface area contributed by atoms with Crippen molar-refractivity contribution in [3.63, 3.8) is 0 Å². The summed E-state index contributed by atoms with van der Waals surface area (Å²) in [5.41, 5.74) is 0. The van der Waals surface area contributed by atoms with E-state index in [0.717, 1.165) is 5.75 Å². The number of hydrogen-bond acceptors (Lipinski definition) is 3. The number of nitrogens with one attached hydrogen (secondary N) is 1. The topological polar surface area (TPSA) is 49.4 Å². The van der Waals surface area contributed by atoms with Crippen molar-refractivity contribution in [3.8, 4) is 12.3 Å². The Kier molecular flexibility index (Phi) is 5.54. The van der Waals surface area contributed by atoms with Crippen molar-refractivity contribution in [2.75, 3.05) is 18.1 Å². The van der Waals surface area contributed by atoms with E-state index in [1.165, 1.54) is 0 Å². The molecule has 0 aromatic rings. The van der Waals surface area contributed by atoms with Crippen molar-refractivity contribution in [1.29, 1.82) is 0 Å². The maximum atomic E-state index is 12.1. The van der Waals surface area contributed by atoms with Crippen LogP contribution >= 0.6 is 11.8 Å². The van der Waals surface area contributed by atoms with Crippen molar-refractivity contribution in [1.82, 2.24) is 10.2 Å². The van der Waals surface area contributed by atoms with Gasteiger partial charge in [-0.15, -0.1) is 18.2 Å². The van der Waals surface area contributed by atoms with E-state index in [4.69, 9.17) is 6.42 Å². The Hall–Kier alpha value is -1.15. The maximum absolute atomic E-state index is 12.1. The highest BCUT2D eigenvalue weighted by molar-refractivity contribution is 7.99. The first-order valence-electron chi connectivity index (χ1n) is 6.11. The first-order chi connectivity index (χ1) is 8.49. The van der Waals surface area contributed by atoms with Gasteiger partial charge in [-0.2, -0.15) is 0 Å². The molecule has 4 nitrogen and oxygen atoms in total. The zero-order chi connectivity index (χ0) is 13.7. The second-order valence-electron chi connectivity index (χ2n) is 4.71. The quantitative estimate of drug-likeness (QED) is 0.590. The first kappa shape index (κ1) is 14.9. The molecule has 0 aromatic carbocycles. The first-order valence-corrected chi connectivity index (χ1v) is 7.26. The van der Waals surface area contributed by atoms with Gasteiger partial charge in [-0.25, -0.2) is 0 Å². The molecule has 100 valence electrons. The normalized spacial score (nSPS) is 24.1. The molecule has 0 aliphatic carbocycles. The fourth-order valence-electron chi connectivity index (χ4n) is 2.09. The van der Waals surface area contributed by atoms with E-state index in [0.29, 0.717) is 12.3 Å². The van der Waals surface area contributed by atoms with Gasteiger partial charge in [0.25, 0.3) is 0 Å². The van der Waals surface area contributed by atoms with Gasteiger partial charge >= 0.3 is 0 Å². The van der Waals surface area contributed by atoms with Crippen LogP contribution in [0, 0.1) is 18.3 Å². The molecule has 1 N–H and O–H groups in total. The summed E-state index contributed by atoms with van der Waals surface area (Å²) in [7, 11) is 0. The molecule has 18 heavy (non-hydrogen) atoms. The van der Waals surface area contributed by atoms with Gasteiger partial charge in [0, 0.05) is 12.3 Å². The summed E-state index contributed by atoms with van der Waals surface area (Å²) in [6.07, 6.45) is 5.18. The highest BCUT2D eigenvalue weighted by atomic mass is 32.2. The number of piperazine rings is 1. The number of hydrogen-bond donors (Lipinski definition) is 1. The lowest BCUT2D eigenvalue weighted by atomic mass is 9.97. The minimum atomic E-state index is -0.426. The van der Waals surface area contributed by atoms with Crippen molar-refractivity contribution in [3.05, 3.63) is 0 Å². The van der Waals surface area contributed by atoms with E-state index in [1.54, 1.807) is 23.6 Å². The van der Waals surface area contributed by atoms with Gasteiger partial charge in [-0.3, -0.25) is 9.59 Å². The van der Waals surface area contributed by atoms with Crippen LogP contribution in [0.2, 0.25) is 0 Å². The third-order valence-corrected chi connectivity index (χ3v) is 3.75. The molecule has 1 saturated heterocycles. The molecule has 2 atom stereocenters. The molecular formula is C13H20N2O2S. The Bertz CT molecular complexity index is 362. The zero-order valence-electron chi connectivity index (χ0n) is 11.1. The predicted octanol–water partition coefficient (Wildman–Crippen LogP) is 0.724. The molecule has 1 aliphatic heterocycles. The van der Waals surface area contributed by atoms with Gasteiger partial charge in [0.15, 0.2) is 0 Å². The number of amides is 2. The third-order valence-electron chi connectivity index (χ3n) is 2.91. The lowest BCUT2D eigenvalue weighted by molar-refractivity contribution is -0.150.